The van der Waals surface area contributed by atoms with E-state index in [1.165, 1.54) is 0 Å². The van der Waals surface area contributed by atoms with Gasteiger partial charge in [0, 0.05) is 0 Å². The van der Waals surface area contributed by atoms with Crippen molar-refractivity contribution in [3.8, 4) is 0 Å². The summed E-state index contributed by atoms with van der Waals surface area (Å²) in [6.45, 7) is -0.242. The van der Waals surface area contributed by atoms with Gasteiger partial charge in [-0.3, -0.25) is 4.18 Å². The second kappa shape index (κ2) is 5.48. The average Bonchev–Trinajstić information content (AvgIpc) is 1.98. The van der Waals surface area contributed by atoms with Crippen molar-refractivity contribution in [1.82, 2.24) is 0 Å². The molecule has 1 atom stereocenters. The minimum absolute atomic E-state index is 0.242. The highest BCUT2D eigenvalue weighted by Gasteiger charge is 2.31. The SMILES string of the molecule is COS(=O)(=O)OCC(Br)C(Cl)(Cl)Br. The van der Waals surface area contributed by atoms with Gasteiger partial charge in [0.25, 0.3) is 0 Å². The first-order valence-electron chi connectivity index (χ1n) is 2.85. The van der Waals surface area contributed by atoms with E-state index in [9.17, 15) is 8.42 Å². The van der Waals surface area contributed by atoms with Crippen molar-refractivity contribution in [3.63, 3.8) is 0 Å². The first kappa shape index (κ1) is 14.4. The molecule has 80 valence electrons. The summed E-state index contributed by atoms with van der Waals surface area (Å²) in [6, 6.07) is 0. The second-order valence-corrected chi connectivity index (χ2v) is 7.91. The Bertz CT molecular complexity index is 249. The fourth-order valence-electron chi connectivity index (χ4n) is 0.286. The van der Waals surface area contributed by atoms with E-state index < -0.39 is 18.5 Å². The highest BCUT2D eigenvalue weighted by Crippen LogP contribution is 2.37. The third kappa shape index (κ3) is 6.48. The van der Waals surface area contributed by atoms with E-state index in [2.05, 4.69) is 40.2 Å². The van der Waals surface area contributed by atoms with E-state index >= 15 is 0 Å². The molecule has 13 heavy (non-hydrogen) atoms. The molecule has 0 spiro atoms. The molecule has 0 aliphatic rings. The standard InChI is InChI=1S/C4H6Br2Cl2O4S/c1-11-13(9,10)12-2-3(5)4(6,7)8/h3H,2H2,1H3. The summed E-state index contributed by atoms with van der Waals surface area (Å²) in [5.74, 6) is 0. The van der Waals surface area contributed by atoms with Crippen LogP contribution in [-0.4, -0.2) is 30.2 Å². The fraction of sp³-hybridized carbons (Fsp3) is 1.00. The Kier molecular flexibility index (Phi) is 6.08. The molecule has 0 radical (unpaired) electrons. The van der Waals surface area contributed by atoms with E-state index in [-0.39, 0.29) is 6.61 Å². The number of hydrogen-bond acceptors (Lipinski definition) is 4. The molecule has 0 aromatic carbocycles. The Balaban J connectivity index is 4.05. The largest absolute Gasteiger partial charge is 0.399 e. The number of alkyl halides is 4. The summed E-state index contributed by atoms with van der Waals surface area (Å²) < 4.78 is 28.4. The van der Waals surface area contributed by atoms with Crippen LogP contribution in [0.4, 0.5) is 0 Å². The summed E-state index contributed by atoms with van der Waals surface area (Å²) in [7, 11) is -2.96. The third-order valence-electron chi connectivity index (χ3n) is 0.918. The zero-order valence-corrected chi connectivity index (χ0v) is 11.8. The maximum Gasteiger partial charge on any atom is 0.399 e. The molecular formula is C4H6Br2Cl2O4S. The second-order valence-electron chi connectivity index (χ2n) is 1.87. The van der Waals surface area contributed by atoms with Gasteiger partial charge in [-0.1, -0.05) is 39.1 Å². The molecule has 0 amide bonds. The van der Waals surface area contributed by atoms with Crippen molar-refractivity contribution in [3.05, 3.63) is 0 Å². The Hall–Kier alpha value is 1.41. The maximum atomic E-state index is 10.7. The van der Waals surface area contributed by atoms with Crippen molar-refractivity contribution in [1.29, 1.82) is 0 Å². The monoisotopic (exact) mass is 378 g/mol. The van der Waals surface area contributed by atoms with Crippen molar-refractivity contribution >= 4 is 65.5 Å². The first-order valence-corrected chi connectivity index (χ1v) is 6.64. The number of halogens is 4. The predicted molar refractivity (Wildman–Crippen MR) is 58.0 cm³/mol. The quantitative estimate of drug-likeness (QED) is 0.686. The van der Waals surface area contributed by atoms with Crippen LogP contribution in [0, 0.1) is 0 Å². The minimum atomic E-state index is -3.94. The highest BCUT2D eigenvalue weighted by atomic mass is 79.9. The fourth-order valence-corrected chi connectivity index (χ4v) is 1.25. The van der Waals surface area contributed by atoms with Crippen LogP contribution in [-0.2, 0) is 18.8 Å². The molecule has 0 N–H and O–H groups in total. The normalized spacial score (nSPS) is 15.8. The van der Waals surface area contributed by atoms with Crippen LogP contribution in [0.2, 0.25) is 0 Å². The van der Waals surface area contributed by atoms with Gasteiger partial charge in [0.2, 0.25) is 0 Å². The van der Waals surface area contributed by atoms with E-state index in [1.54, 1.807) is 0 Å². The lowest BCUT2D eigenvalue weighted by atomic mass is 10.5. The molecule has 4 nitrogen and oxygen atoms in total. The van der Waals surface area contributed by atoms with Gasteiger partial charge >= 0.3 is 10.4 Å². The van der Waals surface area contributed by atoms with Gasteiger partial charge in [-0.25, -0.2) is 4.18 Å². The van der Waals surface area contributed by atoms with Crippen molar-refractivity contribution in [2.45, 2.75) is 8.07 Å². The average molecular weight is 381 g/mol. The molecule has 0 aromatic rings. The van der Waals surface area contributed by atoms with E-state index in [1.807, 2.05) is 0 Å². The van der Waals surface area contributed by atoms with E-state index in [0.717, 1.165) is 7.11 Å². The maximum absolute atomic E-state index is 10.7. The summed E-state index contributed by atoms with van der Waals surface area (Å²) in [5.41, 5.74) is 0. The Labute approximate surface area is 103 Å². The predicted octanol–water partition coefficient (Wildman–Crippen LogP) is 2.18. The summed E-state index contributed by atoms with van der Waals surface area (Å²) in [6.07, 6.45) is 0. The Morgan fingerprint density at radius 1 is 1.54 bits per heavy atom. The molecule has 0 fully saturated rings. The molecule has 0 rings (SSSR count). The van der Waals surface area contributed by atoms with Crippen LogP contribution in [0.3, 0.4) is 0 Å². The summed E-state index contributed by atoms with van der Waals surface area (Å²) >= 11 is 17.1. The third-order valence-corrected chi connectivity index (χ3v) is 4.92. The number of rotatable bonds is 5. The van der Waals surface area contributed by atoms with Crippen LogP contribution in [0.1, 0.15) is 0 Å². The molecular weight excluding hydrogens is 375 g/mol. The molecule has 0 heterocycles. The van der Waals surface area contributed by atoms with Gasteiger partial charge in [0.05, 0.1) is 18.5 Å². The smallest absolute Gasteiger partial charge is 0.252 e. The van der Waals surface area contributed by atoms with Crippen LogP contribution >= 0.6 is 55.1 Å². The summed E-state index contributed by atoms with van der Waals surface area (Å²) in [4.78, 5) is -0.590. The first-order chi connectivity index (χ1) is 5.69. The van der Waals surface area contributed by atoms with Crippen LogP contribution in [0.5, 0.6) is 0 Å². The zero-order chi connectivity index (χ0) is 10.7. The van der Waals surface area contributed by atoms with E-state index in [0.29, 0.717) is 0 Å². The molecule has 0 aliphatic heterocycles. The van der Waals surface area contributed by atoms with Crippen LogP contribution < -0.4 is 0 Å². The lowest BCUT2D eigenvalue weighted by molar-refractivity contribution is 0.246. The molecule has 0 saturated heterocycles. The van der Waals surface area contributed by atoms with Crippen molar-refractivity contribution in [2.24, 2.45) is 0 Å². The molecule has 0 aliphatic carbocycles. The van der Waals surface area contributed by atoms with Gasteiger partial charge in [-0.05, 0) is 15.9 Å². The zero-order valence-electron chi connectivity index (χ0n) is 6.34. The van der Waals surface area contributed by atoms with E-state index in [4.69, 9.17) is 23.2 Å². The Morgan fingerprint density at radius 3 is 2.31 bits per heavy atom. The van der Waals surface area contributed by atoms with Gasteiger partial charge in [0.1, 0.15) is 0 Å². The van der Waals surface area contributed by atoms with Crippen LogP contribution in [0.25, 0.3) is 0 Å². The van der Waals surface area contributed by atoms with Gasteiger partial charge in [-0.2, -0.15) is 8.42 Å². The lowest BCUT2D eigenvalue weighted by Gasteiger charge is -2.17. The molecule has 0 aromatic heterocycles. The molecule has 0 bridgehead atoms. The molecule has 9 heteroatoms. The van der Waals surface area contributed by atoms with Crippen molar-refractivity contribution < 1.29 is 16.8 Å². The minimum Gasteiger partial charge on any atom is -0.252 e. The molecule has 1 unspecified atom stereocenters. The highest BCUT2D eigenvalue weighted by molar-refractivity contribution is 9.13. The van der Waals surface area contributed by atoms with Gasteiger partial charge in [-0.15, -0.1) is 0 Å². The van der Waals surface area contributed by atoms with Gasteiger partial charge in [0.15, 0.2) is 3.24 Å². The topological polar surface area (TPSA) is 52.6 Å². The lowest BCUT2D eigenvalue weighted by Crippen LogP contribution is -2.25. The van der Waals surface area contributed by atoms with Gasteiger partial charge < -0.3 is 0 Å². The van der Waals surface area contributed by atoms with Crippen LogP contribution in [0.15, 0.2) is 0 Å². The molecule has 0 saturated carbocycles. The number of hydrogen-bond donors (Lipinski definition) is 0. The Morgan fingerprint density at radius 2 is 2.00 bits per heavy atom. The summed E-state index contributed by atoms with van der Waals surface area (Å²) in [5, 5.41) is 0. The van der Waals surface area contributed by atoms with Crippen molar-refractivity contribution in [2.75, 3.05) is 13.7 Å².